The fraction of sp³-hybridized carbons (Fsp3) is 0.364. The van der Waals surface area contributed by atoms with Crippen LogP contribution < -0.4 is 10.6 Å². The lowest BCUT2D eigenvalue weighted by atomic mass is 9.98. The third-order valence-corrected chi connectivity index (χ3v) is 7.33. The maximum absolute atomic E-state index is 13.6. The van der Waals surface area contributed by atoms with Crippen LogP contribution in [0, 0.1) is 5.82 Å². The number of anilines is 2. The van der Waals surface area contributed by atoms with Crippen molar-refractivity contribution in [3.05, 3.63) is 50.3 Å². The number of carbonyl (C=O) groups excluding carboxylic acids is 2. The topological polar surface area (TPSA) is 135 Å². The third-order valence-electron chi connectivity index (χ3n) is 5.72. The molecule has 11 nitrogen and oxygen atoms in total. The van der Waals surface area contributed by atoms with Crippen LogP contribution in [0.3, 0.4) is 0 Å². The van der Waals surface area contributed by atoms with E-state index in [-0.39, 0.29) is 27.6 Å². The van der Waals surface area contributed by atoms with Crippen LogP contribution in [0.15, 0.2) is 37.8 Å². The van der Waals surface area contributed by atoms with E-state index in [4.69, 9.17) is 0 Å². The van der Waals surface area contributed by atoms with E-state index in [9.17, 15) is 27.2 Å². The molecule has 0 spiro atoms. The molecule has 208 valence electrons. The fourth-order valence-corrected chi connectivity index (χ4v) is 5.00. The number of nitrogens with one attached hydrogen (secondary N) is 2. The van der Waals surface area contributed by atoms with Gasteiger partial charge < -0.3 is 20.4 Å². The number of alkyl halides is 3. The van der Waals surface area contributed by atoms with Crippen molar-refractivity contribution in [3.8, 4) is 0 Å². The van der Waals surface area contributed by atoms with Crippen LogP contribution in [0.4, 0.5) is 29.1 Å². The van der Waals surface area contributed by atoms with Crippen LogP contribution in [0.5, 0.6) is 0 Å². The molecule has 1 aromatic carbocycles. The van der Waals surface area contributed by atoms with Gasteiger partial charge >= 0.3 is 12.1 Å². The number of carbonyl (C=O) groups is 2. The first-order valence-corrected chi connectivity index (χ1v) is 13.1. The zero-order valence-electron chi connectivity index (χ0n) is 20.1. The van der Waals surface area contributed by atoms with Gasteiger partial charge in [-0.2, -0.15) is 13.2 Å². The number of amides is 1. The highest BCUT2D eigenvalue weighted by molar-refractivity contribution is 9.10. The lowest BCUT2D eigenvalue weighted by molar-refractivity contribution is -0.199. The molecule has 1 saturated heterocycles. The lowest BCUT2D eigenvalue weighted by Crippen LogP contribution is -2.32. The molecule has 0 saturated carbocycles. The molecule has 1 fully saturated rings. The highest BCUT2D eigenvalue weighted by atomic mass is 79.9. The minimum absolute atomic E-state index is 0.0191. The normalized spacial score (nSPS) is 15.3. The molecule has 3 heterocycles. The maximum atomic E-state index is 13.6. The van der Waals surface area contributed by atoms with Crippen molar-refractivity contribution in [2.24, 2.45) is 5.16 Å². The Morgan fingerprint density at radius 3 is 2.67 bits per heavy atom. The Balaban J connectivity index is 1.54. The van der Waals surface area contributed by atoms with Gasteiger partial charge in [0.05, 0.1) is 9.48 Å². The molecule has 4 rings (SSSR count). The van der Waals surface area contributed by atoms with Crippen molar-refractivity contribution in [1.29, 1.82) is 0 Å². The molecule has 1 aliphatic rings. The van der Waals surface area contributed by atoms with Gasteiger partial charge in [0.25, 0.3) is 5.91 Å². The van der Waals surface area contributed by atoms with Gasteiger partial charge in [-0.05, 0) is 76.9 Å². The molecule has 39 heavy (non-hydrogen) atoms. The molecular weight excluding hydrogens is 614 g/mol. The highest BCUT2D eigenvalue weighted by Gasteiger charge is 2.42. The van der Waals surface area contributed by atoms with Crippen LogP contribution in [0.1, 0.15) is 46.9 Å². The highest BCUT2D eigenvalue weighted by Crippen LogP contribution is 2.30. The van der Waals surface area contributed by atoms with Crippen molar-refractivity contribution in [1.82, 2.24) is 20.2 Å². The van der Waals surface area contributed by atoms with E-state index in [1.54, 1.807) is 5.38 Å². The number of likely N-dealkylation sites (tertiary alicyclic amines) is 1. The summed E-state index contributed by atoms with van der Waals surface area (Å²) >= 11 is 4.33. The predicted octanol–water partition coefficient (Wildman–Crippen LogP) is 4.76. The molecule has 1 amide bonds. The summed E-state index contributed by atoms with van der Waals surface area (Å²) in [5.74, 6) is -4.62. The van der Waals surface area contributed by atoms with E-state index in [2.05, 4.69) is 68.3 Å². The van der Waals surface area contributed by atoms with Crippen LogP contribution in [-0.4, -0.2) is 63.7 Å². The molecule has 2 N–H and O–H groups in total. The second-order valence-electron chi connectivity index (χ2n) is 8.27. The molecule has 0 aliphatic carbocycles. The van der Waals surface area contributed by atoms with Gasteiger partial charge in [-0.25, -0.2) is 18.8 Å². The Bertz CT molecular complexity index is 1370. The Morgan fingerprint density at radius 2 is 2.00 bits per heavy atom. The molecule has 0 atom stereocenters. The van der Waals surface area contributed by atoms with Gasteiger partial charge in [0.15, 0.2) is 5.69 Å². The van der Waals surface area contributed by atoms with Gasteiger partial charge in [-0.1, -0.05) is 12.1 Å². The van der Waals surface area contributed by atoms with Crippen molar-refractivity contribution < 1.29 is 36.6 Å². The largest absolute Gasteiger partial charge is 0.493 e. The van der Waals surface area contributed by atoms with E-state index < -0.39 is 35.4 Å². The standard InChI is InChI=1S/C22H20BrF4N7O4S/c1-2-34-7-5-11(6-8-34)20-29-15(10-39-20)19(35)30-18-16(31-38-33-18)17(32-37-21(36)22(25,26)27)28-12-3-4-14(24)13(23)9-12/h3-4,9-11H,2,5-8H2,1H3,(H,28,32)(H,30,33,35). The minimum Gasteiger partial charge on any atom is -0.335 e. The van der Waals surface area contributed by atoms with Gasteiger partial charge in [-0.15, -0.1) is 11.3 Å². The predicted molar refractivity (Wildman–Crippen MR) is 135 cm³/mol. The lowest BCUT2D eigenvalue weighted by Gasteiger charge is -2.29. The number of aromatic nitrogens is 3. The van der Waals surface area contributed by atoms with Crippen LogP contribution in [0.25, 0.3) is 0 Å². The Hall–Kier alpha value is -3.44. The van der Waals surface area contributed by atoms with E-state index in [0.717, 1.165) is 43.5 Å². The van der Waals surface area contributed by atoms with Crippen molar-refractivity contribution >= 4 is 56.5 Å². The van der Waals surface area contributed by atoms with Gasteiger partial charge in [0, 0.05) is 17.0 Å². The zero-order valence-corrected chi connectivity index (χ0v) is 22.5. The van der Waals surface area contributed by atoms with Crippen LogP contribution in [0.2, 0.25) is 0 Å². The first-order chi connectivity index (χ1) is 18.5. The molecule has 0 unspecified atom stereocenters. The van der Waals surface area contributed by atoms with E-state index in [1.165, 1.54) is 23.5 Å². The average Bonchev–Trinajstić information content (AvgIpc) is 3.58. The molecule has 17 heteroatoms. The summed E-state index contributed by atoms with van der Waals surface area (Å²) in [6.07, 6.45) is -3.50. The van der Waals surface area contributed by atoms with Gasteiger partial charge in [0.2, 0.25) is 11.7 Å². The molecule has 0 bridgehead atoms. The van der Waals surface area contributed by atoms with Crippen molar-refractivity contribution in [2.75, 3.05) is 30.3 Å². The average molecular weight is 634 g/mol. The second-order valence-corrected chi connectivity index (χ2v) is 10.0. The fourth-order valence-electron chi connectivity index (χ4n) is 3.65. The molecular formula is C22H20BrF4N7O4S. The Labute approximate surface area is 230 Å². The van der Waals surface area contributed by atoms with Crippen LogP contribution >= 0.6 is 27.3 Å². The SMILES string of the molecule is CCN1CCC(c2nc(C(=O)Nc3nonc3/C(=N\OC(=O)C(F)(F)F)Nc3ccc(F)c(Br)c3)cs2)CC1. The molecule has 1 aliphatic heterocycles. The van der Waals surface area contributed by atoms with E-state index >= 15 is 0 Å². The monoisotopic (exact) mass is 633 g/mol. The smallest absolute Gasteiger partial charge is 0.335 e. The third kappa shape index (κ3) is 7.15. The first kappa shape index (κ1) is 28.6. The summed E-state index contributed by atoms with van der Waals surface area (Å²) in [7, 11) is 0. The number of hydrogen-bond acceptors (Lipinski definition) is 10. The summed E-state index contributed by atoms with van der Waals surface area (Å²) < 4.78 is 56.3. The first-order valence-electron chi connectivity index (χ1n) is 11.5. The van der Waals surface area contributed by atoms with E-state index in [0.29, 0.717) is 0 Å². The summed E-state index contributed by atoms with van der Waals surface area (Å²) in [6, 6.07) is 3.53. The van der Waals surface area contributed by atoms with Crippen molar-refractivity contribution in [3.63, 3.8) is 0 Å². The summed E-state index contributed by atoms with van der Waals surface area (Å²) in [5.41, 5.74) is -0.191. The number of thiazole rings is 1. The number of benzene rings is 1. The maximum Gasteiger partial charge on any atom is 0.493 e. The molecule has 3 aromatic rings. The van der Waals surface area contributed by atoms with Crippen LogP contribution in [-0.2, 0) is 9.63 Å². The number of halogens is 5. The second kappa shape index (κ2) is 12.2. The van der Waals surface area contributed by atoms with E-state index in [1.807, 2.05) is 0 Å². The number of nitrogens with zero attached hydrogens (tertiary/aromatic N) is 5. The van der Waals surface area contributed by atoms with Gasteiger partial charge in [0.1, 0.15) is 11.5 Å². The zero-order chi connectivity index (χ0) is 28.2. The number of oxime groups is 1. The molecule has 0 radical (unpaired) electrons. The number of rotatable bonds is 7. The van der Waals surface area contributed by atoms with Gasteiger partial charge in [-0.3, -0.25) is 4.79 Å². The Kier molecular flexibility index (Phi) is 8.91. The molecule has 2 aromatic heterocycles. The quantitative estimate of drug-likeness (QED) is 0.124. The summed E-state index contributed by atoms with van der Waals surface area (Å²) in [6.45, 7) is 4.95. The number of piperidine rings is 1. The van der Waals surface area contributed by atoms with Crippen molar-refractivity contribution in [2.45, 2.75) is 31.9 Å². The summed E-state index contributed by atoms with van der Waals surface area (Å²) in [4.78, 5) is 34.9. The Morgan fingerprint density at radius 1 is 1.26 bits per heavy atom. The number of hydrogen-bond donors (Lipinski definition) is 2. The minimum atomic E-state index is -5.33. The number of amidine groups is 1. The summed E-state index contributed by atoms with van der Waals surface area (Å²) in [5, 5.41) is 17.7.